The molecule has 2 aliphatic heterocycles. The molecule has 1 fully saturated rings. The smallest absolute Gasteiger partial charge is 0.303 e. The number of carbonyl (C=O) groups is 4. The van der Waals surface area contributed by atoms with Gasteiger partial charge in [0.25, 0.3) is 0 Å². The van der Waals surface area contributed by atoms with Gasteiger partial charge in [0, 0.05) is 46.3 Å². The number of carbonyl (C=O) groups excluding carboxylic acids is 4. The quantitative estimate of drug-likeness (QED) is 0.278. The van der Waals surface area contributed by atoms with E-state index >= 15 is 0 Å². The molecule has 0 bridgehead atoms. The third-order valence-electron chi connectivity index (χ3n) is 7.83. The zero-order valence-corrected chi connectivity index (χ0v) is 26.8. The molecule has 0 amide bonds. The van der Waals surface area contributed by atoms with E-state index in [4.69, 9.17) is 40.0 Å². The largest absolute Gasteiger partial charge is 0.491 e. The minimum atomic E-state index is -1.29. The molecule has 0 radical (unpaired) electrons. The van der Waals surface area contributed by atoms with Crippen molar-refractivity contribution in [1.82, 2.24) is 0 Å². The van der Waals surface area contributed by atoms with Gasteiger partial charge in [-0.3, -0.25) is 19.2 Å². The van der Waals surface area contributed by atoms with Gasteiger partial charge in [-0.1, -0.05) is 48.9 Å². The third kappa shape index (κ3) is 8.33. The van der Waals surface area contributed by atoms with Gasteiger partial charge in [-0.15, -0.1) is 0 Å². The molecule has 0 aliphatic carbocycles. The molecule has 45 heavy (non-hydrogen) atoms. The van der Waals surface area contributed by atoms with Crippen LogP contribution < -0.4 is 4.74 Å². The number of rotatable bonds is 11. The van der Waals surface area contributed by atoms with Crippen molar-refractivity contribution in [2.45, 2.75) is 90.3 Å². The summed E-state index contributed by atoms with van der Waals surface area (Å²) in [5.74, 6) is -2.00. The van der Waals surface area contributed by atoms with Crippen molar-refractivity contribution in [3.05, 3.63) is 63.2 Å². The number of halogens is 1. The van der Waals surface area contributed by atoms with Gasteiger partial charge in [0.15, 0.2) is 18.3 Å². The van der Waals surface area contributed by atoms with Crippen molar-refractivity contribution >= 4 is 35.5 Å². The predicted octanol–water partition coefficient (Wildman–Crippen LogP) is 4.15. The SMILES string of the molecule is CC(=O)OC[C@H]1O[C@@H](c2cc(Cc3ccc(C(C)CCO)cc3)c(Cl)c3c2CCO3)[C@H](OC(C)=O)[C@@H](OC(C)=O)[C@@H]1OC(C)=O. The van der Waals surface area contributed by atoms with E-state index in [0.717, 1.165) is 22.3 Å². The minimum Gasteiger partial charge on any atom is -0.491 e. The number of benzene rings is 2. The van der Waals surface area contributed by atoms with Crippen LogP contribution in [-0.2, 0) is 55.7 Å². The maximum absolute atomic E-state index is 12.4. The molecule has 11 nitrogen and oxygen atoms in total. The van der Waals surface area contributed by atoms with Crippen LogP contribution in [0.1, 0.15) is 80.9 Å². The number of aliphatic hydroxyl groups excluding tert-OH is 1. The molecule has 12 heteroatoms. The number of fused-ring (bicyclic) bond motifs is 1. The van der Waals surface area contributed by atoms with Crippen LogP contribution in [0.2, 0.25) is 5.02 Å². The molecule has 0 spiro atoms. The van der Waals surface area contributed by atoms with Gasteiger partial charge in [-0.25, -0.2) is 0 Å². The fraction of sp³-hybridized carbons (Fsp3) is 0.515. The molecule has 1 unspecified atom stereocenters. The summed E-state index contributed by atoms with van der Waals surface area (Å²) in [5, 5.41) is 9.74. The maximum Gasteiger partial charge on any atom is 0.303 e. The van der Waals surface area contributed by atoms with E-state index < -0.39 is 54.4 Å². The molecule has 6 atom stereocenters. The van der Waals surface area contributed by atoms with E-state index in [1.165, 1.54) is 27.7 Å². The average molecular weight is 647 g/mol. The Bertz CT molecular complexity index is 1410. The Morgan fingerprint density at radius 3 is 2.16 bits per heavy atom. The topological polar surface area (TPSA) is 144 Å². The lowest BCUT2D eigenvalue weighted by molar-refractivity contribution is -0.254. The molecule has 1 saturated heterocycles. The standard InChI is InChI=1S/C33H39ClO11/c1-17(10-12-35)23-8-6-22(7-9-23)14-24-15-26(25-11-13-40-29(25)28(24)34)30-32(43-20(4)38)33(44-21(5)39)31(42-19(3)37)27(45-30)16-41-18(2)36/h6-9,15,17,27,30-33,35H,10-14,16H2,1-5H3/t17?,27-,30+,31-,32+,33+/m1/s1. The monoisotopic (exact) mass is 646 g/mol. The second-order valence-corrected chi connectivity index (χ2v) is 11.7. The summed E-state index contributed by atoms with van der Waals surface area (Å²) in [5.41, 5.74) is 4.12. The molecule has 1 N–H and O–H groups in total. The molecule has 244 valence electrons. The van der Waals surface area contributed by atoms with E-state index in [0.29, 0.717) is 42.2 Å². The molecular weight excluding hydrogens is 608 g/mol. The second kappa shape index (κ2) is 15.1. The first kappa shape index (κ1) is 34.2. The highest BCUT2D eigenvalue weighted by molar-refractivity contribution is 6.33. The van der Waals surface area contributed by atoms with Crippen LogP contribution in [0.5, 0.6) is 5.75 Å². The Kier molecular flexibility index (Phi) is 11.5. The number of hydrogen-bond donors (Lipinski definition) is 1. The van der Waals surface area contributed by atoms with Gasteiger partial charge in [0.1, 0.15) is 24.6 Å². The third-order valence-corrected chi connectivity index (χ3v) is 8.25. The fourth-order valence-corrected chi connectivity index (χ4v) is 6.11. The Morgan fingerprint density at radius 2 is 1.56 bits per heavy atom. The molecule has 2 aliphatic rings. The van der Waals surface area contributed by atoms with E-state index in [2.05, 4.69) is 6.92 Å². The van der Waals surface area contributed by atoms with E-state index in [9.17, 15) is 24.3 Å². The van der Waals surface area contributed by atoms with Crippen LogP contribution in [0.4, 0.5) is 0 Å². The number of esters is 4. The molecule has 2 aromatic carbocycles. The lowest BCUT2D eigenvalue weighted by Crippen LogP contribution is -2.59. The zero-order chi connectivity index (χ0) is 32.8. The van der Waals surface area contributed by atoms with Crippen LogP contribution in [0.15, 0.2) is 30.3 Å². The highest BCUT2D eigenvalue weighted by atomic mass is 35.5. The maximum atomic E-state index is 12.4. The first-order valence-electron chi connectivity index (χ1n) is 14.9. The van der Waals surface area contributed by atoms with Crippen LogP contribution in [0, 0.1) is 0 Å². The molecule has 0 aromatic heterocycles. The highest BCUT2D eigenvalue weighted by Crippen LogP contribution is 2.46. The Morgan fingerprint density at radius 1 is 0.933 bits per heavy atom. The van der Waals surface area contributed by atoms with Crippen molar-refractivity contribution < 1.29 is 52.7 Å². The molecule has 4 rings (SSSR count). The molecular formula is C33H39ClO11. The number of hydrogen-bond acceptors (Lipinski definition) is 11. The zero-order valence-electron chi connectivity index (χ0n) is 26.0. The van der Waals surface area contributed by atoms with Gasteiger partial charge in [-0.05, 0) is 41.0 Å². The van der Waals surface area contributed by atoms with Gasteiger partial charge >= 0.3 is 23.9 Å². The van der Waals surface area contributed by atoms with Crippen molar-refractivity contribution in [2.75, 3.05) is 19.8 Å². The lowest BCUT2D eigenvalue weighted by atomic mass is 9.86. The summed E-state index contributed by atoms with van der Waals surface area (Å²) in [7, 11) is 0. The minimum absolute atomic E-state index is 0.107. The predicted molar refractivity (Wildman–Crippen MR) is 161 cm³/mol. The van der Waals surface area contributed by atoms with Crippen molar-refractivity contribution in [3.8, 4) is 5.75 Å². The molecule has 2 heterocycles. The molecule has 0 saturated carbocycles. The van der Waals surface area contributed by atoms with Crippen LogP contribution in [-0.4, -0.2) is 73.2 Å². The number of aliphatic hydroxyl groups is 1. The number of ether oxygens (including phenoxy) is 6. The fourth-order valence-electron chi connectivity index (χ4n) is 5.82. The van der Waals surface area contributed by atoms with Crippen molar-refractivity contribution in [3.63, 3.8) is 0 Å². The summed E-state index contributed by atoms with van der Waals surface area (Å²) in [4.78, 5) is 48.6. The lowest BCUT2D eigenvalue weighted by Gasteiger charge is -2.45. The van der Waals surface area contributed by atoms with Gasteiger partial charge in [-0.2, -0.15) is 0 Å². The van der Waals surface area contributed by atoms with Gasteiger partial charge < -0.3 is 33.5 Å². The first-order valence-corrected chi connectivity index (χ1v) is 15.2. The van der Waals surface area contributed by atoms with Crippen molar-refractivity contribution in [2.24, 2.45) is 0 Å². The van der Waals surface area contributed by atoms with E-state index in [1.54, 1.807) is 0 Å². The Hall–Kier alpha value is -3.67. The summed E-state index contributed by atoms with van der Waals surface area (Å²) < 4.78 is 34.5. The van der Waals surface area contributed by atoms with Crippen LogP contribution in [0.3, 0.4) is 0 Å². The summed E-state index contributed by atoms with van der Waals surface area (Å²) in [6, 6.07) is 9.91. The summed E-state index contributed by atoms with van der Waals surface area (Å²) in [6.07, 6.45) is -4.34. The van der Waals surface area contributed by atoms with E-state index in [1.807, 2.05) is 30.3 Å². The normalized spacial score (nSPS) is 22.9. The highest BCUT2D eigenvalue weighted by Gasteiger charge is 2.53. The average Bonchev–Trinajstić information content (AvgIpc) is 3.46. The Balaban J connectivity index is 1.80. The van der Waals surface area contributed by atoms with Gasteiger partial charge in [0.05, 0.1) is 11.6 Å². The first-order chi connectivity index (χ1) is 21.4. The van der Waals surface area contributed by atoms with Gasteiger partial charge in [0.2, 0.25) is 0 Å². The van der Waals surface area contributed by atoms with Crippen LogP contribution >= 0.6 is 11.6 Å². The molecule has 2 aromatic rings. The second-order valence-electron chi connectivity index (χ2n) is 11.3. The van der Waals surface area contributed by atoms with E-state index in [-0.39, 0.29) is 19.1 Å². The summed E-state index contributed by atoms with van der Waals surface area (Å²) in [6.45, 7) is 6.98. The summed E-state index contributed by atoms with van der Waals surface area (Å²) >= 11 is 6.89. The van der Waals surface area contributed by atoms with Crippen LogP contribution in [0.25, 0.3) is 0 Å². The van der Waals surface area contributed by atoms with Crippen molar-refractivity contribution in [1.29, 1.82) is 0 Å². The Labute approximate surface area is 267 Å².